The van der Waals surface area contributed by atoms with Crippen LogP contribution in [0.4, 0.5) is 34.1 Å². The number of fused-ring (bicyclic) bond motifs is 2. The molecule has 0 spiro atoms. The Hall–Kier alpha value is -5.44. The second-order valence-electron chi connectivity index (χ2n) is 9.83. The third-order valence-corrected chi connectivity index (χ3v) is 9.17. The van der Waals surface area contributed by atoms with Crippen LogP contribution in [0.25, 0.3) is 21.5 Å². The summed E-state index contributed by atoms with van der Waals surface area (Å²) in [6, 6.07) is 16.0. The van der Waals surface area contributed by atoms with Crippen molar-refractivity contribution >= 4 is 92.9 Å². The zero-order valence-corrected chi connectivity index (χ0v) is 26.5. The van der Waals surface area contributed by atoms with E-state index in [2.05, 4.69) is 32.4 Å². The second-order valence-corrected chi connectivity index (χ2v) is 13.6. The Balaban J connectivity index is 1.62. The number of rotatable bonds is 9. The molecular formula is C29H22N6O10S3. The van der Waals surface area contributed by atoms with E-state index in [4.69, 9.17) is 5.73 Å². The van der Waals surface area contributed by atoms with Crippen molar-refractivity contribution < 1.29 is 44.6 Å². The van der Waals surface area contributed by atoms with Gasteiger partial charge in [-0.15, -0.1) is 15.3 Å². The Bertz CT molecular complexity index is 2470. The number of carbonyl (C=O) groups is 1. The van der Waals surface area contributed by atoms with Gasteiger partial charge < -0.3 is 20.7 Å². The maximum atomic E-state index is 12.3. The summed E-state index contributed by atoms with van der Waals surface area (Å²) < 4.78 is 89.0. The first-order valence-corrected chi connectivity index (χ1v) is 17.1. The summed E-state index contributed by atoms with van der Waals surface area (Å²) in [4.78, 5) is 9.76. The van der Waals surface area contributed by atoms with Gasteiger partial charge in [-0.05, 0) is 78.2 Å². The molecule has 1 amide bonds. The third-order valence-electron chi connectivity index (χ3n) is 6.73. The molecule has 0 saturated heterocycles. The highest BCUT2D eigenvalue weighted by atomic mass is 32.2. The number of amides is 1. The van der Waals surface area contributed by atoms with E-state index in [0.717, 1.165) is 24.3 Å². The third kappa shape index (κ3) is 7.10. The van der Waals surface area contributed by atoms with E-state index in [1.165, 1.54) is 30.3 Å². The van der Waals surface area contributed by atoms with Gasteiger partial charge in [-0.25, -0.2) is 4.21 Å². The Morgan fingerprint density at radius 1 is 0.792 bits per heavy atom. The molecule has 1 atom stereocenters. The quantitative estimate of drug-likeness (QED) is 0.0324. The first kappa shape index (κ1) is 33.9. The lowest BCUT2D eigenvalue weighted by atomic mass is 10.1. The summed E-state index contributed by atoms with van der Waals surface area (Å²) in [7, 11) is -9.94. The van der Waals surface area contributed by atoms with E-state index in [1.807, 2.05) is 0 Å². The average Bonchev–Trinajstić information content (AvgIpc) is 3.02. The molecule has 1 unspecified atom stereocenters. The van der Waals surface area contributed by atoms with Crippen molar-refractivity contribution in [2.45, 2.75) is 14.7 Å². The topological polar surface area (TPSA) is 271 Å². The van der Waals surface area contributed by atoms with Gasteiger partial charge in [0.1, 0.15) is 15.5 Å². The fourth-order valence-corrected chi connectivity index (χ4v) is 6.20. The molecule has 0 radical (unpaired) electrons. The lowest BCUT2D eigenvalue weighted by Crippen LogP contribution is -2.06. The maximum absolute atomic E-state index is 12.3. The summed E-state index contributed by atoms with van der Waals surface area (Å²) in [6.45, 7) is 3.39. The molecule has 5 aromatic carbocycles. The van der Waals surface area contributed by atoms with Crippen molar-refractivity contribution in [3.8, 4) is 5.75 Å². The van der Waals surface area contributed by atoms with Gasteiger partial charge in [0.05, 0.1) is 27.6 Å². The Labute approximate surface area is 274 Å². The molecule has 0 aliphatic carbocycles. The number of anilines is 2. The molecule has 0 fully saturated rings. The molecule has 7 N–H and O–H groups in total. The van der Waals surface area contributed by atoms with Crippen LogP contribution in [0.5, 0.6) is 5.75 Å². The molecule has 0 aliphatic rings. The summed E-state index contributed by atoms with van der Waals surface area (Å²) in [5, 5.41) is 30.2. The van der Waals surface area contributed by atoms with Gasteiger partial charge in [-0.2, -0.15) is 21.9 Å². The number of nitrogens with one attached hydrogen (secondary N) is 1. The minimum Gasteiger partial charge on any atom is -0.505 e. The van der Waals surface area contributed by atoms with Crippen molar-refractivity contribution in [3.63, 3.8) is 0 Å². The number of phenolic OH excluding ortho intramolecular Hbond substituents is 1. The van der Waals surface area contributed by atoms with Crippen molar-refractivity contribution in [1.29, 1.82) is 0 Å². The van der Waals surface area contributed by atoms with E-state index in [-0.39, 0.29) is 32.6 Å². The highest BCUT2D eigenvalue weighted by Crippen LogP contribution is 2.44. The van der Waals surface area contributed by atoms with Crippen LogP contribution in [0.15, 0.2) is 121 Å². The van der Waals surface area contributed by atoms with Crippen LogP contribution in [-0.2, 0) is 36.1 Å². The molecular weight excluding hydrogens is 689 g/mol. The molecule has 0 aromatic heterocycles. The smallest absolute Gasteiger partial charge is 0.296 e. The predicted molar refractivity (Wildman–Crippen MR) is 176 cm³/mol. The second kappa shape index (κ2) is 13.0. The summed E-state index contributed by atoms with van der Waals surface area (Å²) >= 11 is -2.41. The van der Waals surface area contributed by atoms with Crippen LogP contribution < -0.4 is 11.1 Å². The number of nitrogens with two attached hydrogens (primary N) is 1. The number of benzene rings is 5. The monoisotopic (exact) mass is 710 g/mol. The number of nitrogen functional groups attached to an aromatic ring is 1. The van der Waals surface area contributed by atoms with Gasteiger partial charge in [0.15, 0.2) is 16.8 Å². The first-order chi connectivity index (χ1) is 22.6. The Morgan fingerprint density at radius 2 is 1.40 bits per heavy atom. The molecule has 5 aromatic rings. The molecule has 0 heterocycles. The number of nitrogens with zero attached hydrogens (tertiary/aromatic N) is 4. The first-order valence-electron chi connectivity index (χ1n) is 13.2. The number of aromatic hydroxyl groups is 1. The summed E-state index contributed by atoms with van der Waals surface area (Å²) in [5.74, 6) is -1.24. The highest BCUT2D eigenvalue weighted by Gasteiger charge is 2.24. The van der Waals surface area contributed by atoms with Gasteiger partial charge in [0, 0.05) is 21.8 Å². The summed E-state index contributed by atoms with van der Waals surface area (Å²) in [5.41, 5.74) is 5.75. The fourth-order valence-electron chi connectivity index (χ4n) is 4.51. The van der Waals surface area contributed by atoms with Crippen LogP contribution in [-0.4, -0.2) is 45.7 Å². The lowest BCUT2D eigenvalue weighted by Gasteiger charge is -2.11. The zero-order chi connectivity index (χ0) is 35.0. The number of azo groups is 2. The number of hydrogen-bond donors (Lipinski definition) is 6. The van der Waals surface area contributed by atoms with Gasteiger partial charge in [0.25, 0.3) is 20.2 Å². The van der Waals surface area contributed by atoms with E-state index >= 15 is 0 Å². The fraction of sp³-hybridized carbons (Fsp3) is 0. The zero-order valence-electron chi connectivity index (χ0n) is 24.0. The van der Waals surface area contributed by atoms with Crippen LogP contribution in [0.1, 0.15) is 0 Å². The van der Waals surface area contributed by atoms with Crippen molar-refractivity contribution in [2.24, 2.45) is 20.5 Å². The summed E-state index contributed by atoms with van der Waals surface area (Å²) in [6.07, 6.45) is 1.12. The van der Waals surface area contributed by atoms with Gasteiger partial charge in [-0.1, -0.05) is 12.6 Å². The van der Waals surface area contributed by atoms with Gasteiger partial charge in [-0.3, -0.25) is 13.9 Å². The van der Waals surface area contributed by atoms with E-state index in [1.54, 1.807) is 24.3 Å². The number of hydrogen-bond acceptors (Lipinski definition) is 12. The average molecular weight is 711 g/mol. The minimum atomic E-state index is -5.10. The van der Waals surface area contributed by atoms with E-state index in [9.17, 15) is 44.6 Å². The largest absolute Gasteiger partial charge is 0.505 e. The van der Waals surface area contributed by atoms with Gasteiger partial charge >= 0.3 is 0 Å². The molecule has 0 bridgehead atoms. The van der Waals surface area contributed by atoms with Crippen molar-refractivity contribution in [3.05, 3.63) is 85.5 Å². The normalized spacial score (nSPS) is 13.0. The molecule has 0 aliphatic heterocycles. The van der Waals surface area contributed by atoms with Crippen LogP contribution in [0, 0.1) is 0 Å². The van der Waals surface area contributed by atoms with Crippen LogP contribution in [0.3, 0.4) is 0 Å². The van der Waals surface area contributed by atoms with Crippen molar-refractivity contribution in [1.82, 2.24) is 0 Å². The van der Waals surface area contributed by atoms with Crippen LogP contribution in [0.2, 0.25) is 0 Å². The predicted octanol–water partition coefficient (Wildman–Crippen LogP) is 6.31. The molecule has 48 heavy (non-hydrogen) atoms. The molecule has 0 saturated carbocycles. The van der Waals surface area contributed by atoms with Crippen LogP contribution >= 0.6 is 0 Å². The Kier molecular flexibility index (Phi) is 9.17. The van der Waals surface area contributed by atoms with Crippen molar-refractivity contribution in [2.75, 3.05) is 11.1 Å². The van der Waals surface area contributed by atoms with E-state index < -0.39 is 58.2 Å². The van der Waals surface area contributed by atoms with Gasteiger partial charge in [0.2, 0.25) is 5.91 Å². The molecule has 19 heteroatoms. The standard InChI is InChI=1S/C29H22N6O10S3/c1-2-27(36)31-16-3-5-17(6-4-16)32-33-23-9-10-24(21-13-18(46(38)39)7-8-19(21)23)34-35-28-26(48(43,44)45)12-15-11-25(47(40,41)42)22(30)14-20(15)29(28)37/h2-14,37H,1,30H2,(H,31,36)(H,38,39)(H,40,41,42)(H,43,44,45). The molecule has 5 rings (SSSR count). The lowest BCUT2D eigenvalue weighted by molar-refractivity contribution is -0.111. The number of carbonyl (C=O) groups excluding carboxylic acids is 1. The molecule has 246 valence electrons. The Morgan fingerprint density at radius 3 is 2.00 bits per heavy atom. The maximum Gasteiger partial charge on any atom is 0.296 e. The highest BCUT2D eigenvalue weighted by molar-refractivity contribution is 7.86. The SMILES string of the molecule is C=CC(=O)Nc1ccc(N=Nc2ccc(N=Nc3c(S(=O)(=O)O)cc4cc(S(=O)(=O)O)c(N)cc4c3O)c3cc(S(=O)O)ccc23)cc1. The number of phenols is 1. The molecule has 16 nitrogen and oxygen atoms in total. The minimum absolute atomic E-state index is 0.0144. The van der Waals surface area contributed by atoms with E-state index in [0.29, 0.717) is 22.4 Å².